The van der Waals surface area contributed by atoms with Gasteiger partial charge in [0.1, 0.15) is 5.75 Å². The van der Waals surface area contributed by atoms with Gasteiger partial charge < -0.3 is 25.6 Å². The minimum atomic E-state index is -5.08. The van der Waals surface area contributed by atoms with Crippen molar-refractivity contribution >= 4 is 17.9 Å². The molecule has 180 valence electrons. The van der Waals surface area contributed by atoms with Gasteiger partial charge in [0.15, 0.2) is 12.2 Å². The van der Waals surface area contributed by atoms with Crippen molar-refractivity contribution in [2.24, 2.45) is 11.7 Å². The van der Waals surface area contributed by atoms with Crippen LogP contribution in [-0.4, -0.2) is 42.0 Å². The van der Waals surface area contributed by atoms with Crippen molar-refractivity contribution < 1.29 is 37.3 Å². The van der Waals surface area contributed by atoms with Gasteiger partial charge in [0.05, 0.1) is 6.61 Å². The molecule has 1 aromatic rings. The van der Waals surface area contributed by atoms with E-state index >= 15 is 0 Å². The summed E-state index contributed by atoms with van der Waals surface area (Å²) in [6.07, 6.45) is -0.227. The second-order valence-electron chi connectivity index (χ2n) is 7.28. The highest BCUT2D eigenvalue weighted by Gasteiger charge is 2.38. The fourth-order valence-electron chi connectivity index (χ4n) is 3.29. The predicted octanol–water partition coefficient (Wildman–Crippen LogP) is 3.37. The van der Waals surface area contributed by atoms with Gasteiger partial charge >= 0.3 is 18.1 Å². The topological polar surface area (TPSA) is 135 Å². The van der Waals surface area contributed by atoms with Gasteiger partial charge in [0.25, 0.3) is 0 Å². The number of hydrogen-bond donors (Lipinski definition) is 4. The van der Waals surface area contributed by atoms with Crippen molar-refractivity contribution in [3.63, 3.8) is 0 Å². The van der Waals surface area contributed by atoms with Gasteiger partial charge in [-0.05, 0) is 61.8 Å². The van der Waals surface area contributed by atoms with Gasteiger partial charge in [-0.3, -0.25) is 10.2 Å². The van der Waals surface area contributed by atoms with E-state index in [0.717, 1.165) is 31.4 Å². The summed E-state index contributed by atoms with van der Waals surface area (Å²) in [5.74, 6) is -1.90. The Morgan fingerprint density at radius 1 is 1.31 bits per heavy atom. The number of nitrogens with two attached hydrogens (primary N) is 1. The molecule has 1 aliphatic carbocycles. The fraction of sp³-hybridized carbons (Fsp3) is 0.571. The lowest BCUT2D eigenvalue weighted by Crippen LogP contribution is -2.42. The number of rotatable bonds is 7. The van der Waals surface area contributed by atoms with E-state index in [1.54, 1.807) is 0 Å². The number of carbonyl (C=O) groups excluding carboxylic acids is 1. The first kappa shape index (κ1) is 27.1. The van der Waals surface area contributed by atoms with Crippen LogP contribution < -0.4 is 15.8 Å². The first-order valence-electron chi connectivity index (χ1n) is 10.3. The minimum Gasteiger partial charge on any atom is -0.475 e. The molecule has 2 atom stereocenters. The van der Waals surface area contributed by atoms with Gasteiger partial charge in [-0.15, -0.1) is 0 Å². The molecular formula is C21H30F3N3O5. The summed E-state index contributed by atoms with van der Waals surface area (Å²) in [5, 5.41) is 17.3. The third-order valence-electron chi connectivity index (χ3n) is 4.71. The molecule has 8 nitrogen and oxygen atoms in total. The molecule has 0 saturated heterocycles. The normalized spacial score (nSPS) is 16.3. The number of carbonyl (C=O) groups is 2. The number of esters is 1. The highest BCUT2D eigenvalue weighted by molar-refractivity contribution is 5.74. The molecule has 1 aliphatic rings. The van der Waals surface area contributed by atoms with E-state index in [1.165, 1.54) is 11.1 Å². The maximum absolute atomic E-state index is 11.8. The molecule has 0 aliphatic heterocycles. The van der Waals surface area contributed by atoms with E-state index < -0.39 is 12.1 Å². The fourth-order valence-corrected chi connectivity index (χ4v) is 3.29. The highest BCUT2D eigenvalue weighted by atomic mass is 19.4. The van der Waals surface area contributed by atoms with Crippen molar-refractivity contribution in [2.75, 3.05) is 6.61 Å². The largest absolute Gasteiger partial charge is 0.490 e. The Labute approximate surface area is 184 Å². The van der Waals surface area contributed by atoms with Crippen molar-refractivity contribution in [3.05, 3.63) is 29.3 Å². The number of carboxylic acids is 1. The Balaban J connectivity index is 0.000000633. The highest BCUT2D eigenvalue weighted by Crippen LogP contribution is 2.30. The van der Waals surface area contributed by atoms with Crippen LogP contribution in [0.4, 0.5) is 13.2 Å². The van der Waals surface area contributed by atoms with Crippen LogP contribution in [-0.2, 0) is 27.2 Å². The van der Waals surface area contributed by atoms with Crippen molar-refractivity contribution in [1.29, 1.82) is 5.41 Å². The molecule has 0 fully saturated rings. The summed E-state index contributed by atoms with van der Waals surface area (Å²) in [6, 6.07) is 6.14. The van der Waals surface area contributed by atoms with Gasteiger partial charge in [0, 0.05) is 12.8 Å². The van der Waals surface area contributed by atoms with Crippen LogP contribution >= 0.6 is 0 Å². The molecule has 0 aromatic heterocycles. The number of guanidine groups is 1. The number of aliphatic carboxylic acids is 1. The Kier molecular flexibility index (Phi) is 10.8. The molecular weight excluding hydrogens is 431 g/mol. The molecule has 2 unspecified atom stereocenters. The third-order valence-corrected chi connectivity index (χ3v) is 4.71. The zero-order chi connectivity index (χ0) is 24.3. The van der Waals surface area contributed by atoms with Crippen molar-refractivity contribution in [2.45, 2.75) is 64.8 Å². The van der Waals surface area contributed by atoms with E-state index in [0.29, 0.717) is 25.4 Å². The predicted molar refractivity (Wildman–Crippen MR) is 111 cm³/mol. The monoisotopic (exact) mass is 461 g/mol. The van der Waals surface area contributed by atoms with Crippen molar-refractivity contribution in [3.8, 4) is 5.75 Å². The van der Waals surface area contributed by atoms with Crippen LogP contribution in [0.3, 0.4) is 0 Å². The molecule has 0 saturated carbocycles. The maximum atomic E-state index is 11.8. The SMILES string of the molecule is CCOC(=O)CC1CCCc2ccc(OC(CC)NC(=N)N)cc2C1.O=C(O)C(F)(F)F. The second-order valence-corrected chi connectivity index (χ2v) is 7.28. The van der Waals surface area contributed by atoms with Crippen LogP contribution in [0, 0.1) is 11.3 Å². The number of benzene rings is 1. The number of nitrogens with one attached hydrogen (secondary N) is 2. The Bertz CT molecular complexity index is 786. The van der Waals surface area contributed by atoms with Crippen LogP contribution in [0.1, 0.15) is 50.7 Å². The molecule has 5 N–H and O–H groups in total. The summed E-state index contributed by atoms with van der Waals surface area (Å²) in [5.41, 5.74) is 7.95. The number of alkyl halides is 3. The standard InChI is InChI=1S/C19H29N3O3.C2HF3O2/c1-3-17(22-19(20)21)25-16-9-8-14-7-5-6-13(10-15(14)12-16)11-18(23)24-4-2;3-2(4,5)1(6)7/h8-9,12-13,17H,3-7,10-11H2,1-2H3,(H4,20,21,22);(H,6,7). The lowest BCUT2D eigenvalue weighted by atomic mass is 9.94. The summed E-state index contributed by atoms with van der Waals surface area (Å²) < 4.78 is 42.7. The van der Waals surface area contributed by atoms with E-state index in [1.807, 2.05) is 19.9 Å². The number of hydrogen-bond acceptors (Lipinski definition) is 5. The van der Waals surface area contributed by atoms with Gasteiger partial charge in [-0.2, -0.15) is 13.2 Å². The quantitative estimate of drug-likeness (QED) is 0.161. The second kappa shape index (κ2) is 12.8. The molecule has 0 radical (unpaired) electrons. The summed E-state index contributed by atoms with van der Waals surface area (Å²) in [7, 11) is 0. The number of ether oxygens (including phenoxy) is 2. The molecule has 1 aromatic carbocycles. The van der Waals surface area contributed by atoms with Crippen LogP contribution in [0.15, 0.2) is 18.2 Å². The lowest BCUT2D eigenvalue weighted by Gasteiger charge is -2.20. The third kappa shape index (κ3) is 9.88. The summed E-state index contributed by atoms with van der Waals surface area (Å²) in [6.45, 7) is 4.24. The van der Waals surface area contributed by atoms with Gasteiger partial charge in [0.2, 0.25) is 0 Å². The summed E-state index contributed by atoms with van der Waals surface area (Å²) >= 11 is 0. The van der Waals surface area contributed by atoms with Crippen LogP contribution in [0.5, 0.6) is 5.75 Å². The average Bonchev–Trinajstić information content (AvgIpc) is 2.88. The molecule has 0 bridgehead atoms. The van der Waals surface area contributed by atoms with E-state index in [-0.39, 0.29) is 18.2 Å². The molecule has 32 heavy (non-hydrogen) atoms. The number of carboxylic acid groups (broad SMARTS) is 1. The Hall–Kier alpha value is -2.98. The van der Waals surface area contributed by atoms with Gasteiger partial charge in [-0.1, -0.05) is 13.0 Å². The number of aryl methyl sites for hydroxylation is 1. The minimum absolute atomic E-state index is 0.101. The van der Waals surface area contributed by atoms with Crippen molar-refractivity contribution in [1.82, 2.24) is 5.32 Å². The molecule has 11 heteroatoms. The van der Waals surface area contributed by atoms with Crippen LogP contribution in [0.25, 0.3) is 0 Å². The molecule has 0 amide bonds. The molecule has 0 spiro atoms. The first-order chi connectivity index (χ1) is 15.0. The van der Waals surface area contributed by atoms with E-state index in [2.05, 4.69) is 17.4 Å². The van der Waals surface area contributed by atoms with E-state index in [9.17, 15) is 18.0 Å². The van der Waals surface area contributed by atoms with Gasteiger partial charge in [-0.25, -0.2) is 4.79 Å². The average molecular weight is 461 g/mol. The number of fused-ring (bicyclic) bond motifs is 1. The Morgan fingerprint density at radius 2 is 1.97 bits per heavy atom. The smallest absolute Gasteiger partial charge is 0.475 e. The maximum Gasteiger partial charge on any atom is 0.490 e. The Morgan fingerprint density at radius 3 is 2.50 bits per heavy atom. The van der Waals surface area contributed by atoms with E-state index in [4.69, 9.17) is 30.5 Å². The zero-order valence-corrected chi connectivity index (χ0v) is 18.1. The lowest BCUT2D eigenvalue weighted by molar-refractivity contribution is -0.192. The number of halogens is 3. The zero-order valence-electron chi connectivity index (χ0n) is 18.1. The summed E-state index contributed by atoms with van der Waals surface area (Å²) in [4.78, 5) is 20.7. The molecule has 2 rings (SSSR count). The van der Waals surface area contributed by atoms with Crippen LogP contribution in [0.2, 0.25) is 0 Å². The first-order valence-corrected chi connectivity index (χ1v) is 10.3. The molecule has 0 heterocycles.